The fraction of sp³-hybridized carbons (Fsp3) is 0.263. The van der Waals surface area contributed by atoms with Crippen molar-refractivity contribution in [2.24, 2.45) is 0 Å². The first-order valence-electron chi connectivity index (χ1n) is 8.40. The predicted octanol–water partition coefficient (Wildman–Crippen LogP) is 3.92. The van der Waals surface area contributed by atoms with Crippen LogP contribution >= 0.6 is 11.6 Å². The van der Waals surface area contributed by atoms with Gasteiger partial charge in [-0.1, -0.05) is 31.0 Å². The first kappa shape index (κ1) is 20.9. The Balaban J connectivity index is 2.31. The highest BCUT2D eigenvalue weighted by atomic mass is 35.5. The number of halogens is 1. The van der Waals surface area contributed by atoms with Crippen molar-refractivity contribution in [3.63, 3.8) is 0 Å². The van der Waals surface area contributed by atoms with E-state index < -0.39 is 16.0 Å². The molecule has 0 atom stereocenters. The summed E-state index contributed by atoms with van der Waals surface area (Å²) in [6, 6.07) is 9.39. The Morgan fingerprint density at radius 2 is 2.07 bits per heavy atom. The average Bonchev–Trinajstić information content (AvgIpc) is 2.67. The summed E-state index contributed by atoms with van der Waals surface area (Å²) in [7, 11) is -2.43. The van der Waals surface area contributed by atoms with Crippen LogP contribution in [-0.4, -0.2) is 33.0 Å². The fourth-order valence-corrected chi connectivity index (χ4v) is 3.57. The van der Waals surface area contributed by atoms with E-state index in [0.717, 1.165) is 17.1 Å². The van der Waals surface area contributed by atoms with Crippen molar-refractivity contribution in [1.82, 2.24) is 4.98 Å². The van der Waals surface area contributed by atoms with Crippen molar-refractivity contribution in [2.75, 3.05) is 18.0 Å². The molecule has 144 valence electrons. The van der Waals surface area contributed by atoms with Crippen LogP contribution in [-0.2, 0) is 19.6 Å². The smallest absolute Gasteiger partial charge is 0.330 e. The van der Waals surface area contributed by atoms with Gasteiger partial charge in [-0.15, -0.1) is 0 Å². The number of hydrogen-bond donors (Lipinski definition) is 0. The van der Waals surface area contributed by atoms with Crippen LogP contribution in [0.1, 0.15) is 25.3 Å². The van der Waals surface area contributed by atoms with Gasteiger partial charge in [0.15, 0.2) is 5.03 Å². The Hall–Kier alpha value is -2.38. The van der Waals surface area contributed by atoms with Gasteiger partial charge in [-0.2, -0.15) is 8.42 Å². The van der Waals surface area contributed by atoms with Crippen molar-refractivity contribution < 1.29 is 17.9 Å². The van der Waals surface area contributed by atoms with Gasteiger partial charge in [-0.25, -0.2) is 9.78 Å². The molecule has 8 heteroatoms. The molecule has 2 rings (SSSR count). The molecule has 0 aliphatic heterocycles. The second kappa shape index (κ2) is 9.53. The molecule has 0 saturated heterocycles. The quantitative estimate of drug-likeness (QED) is 0.376. The molecule has 1 aromatic heterocycles. The highest BCUT2D eigenvalue weighted by molar-refractivity contribution is 7.92. The molecule has 0 spiro atoms. The number of nitrogens with zero attached hydrogens (tertiary/aromatic N) is 2. The normalized spacial score (nSPS) is 11.5. The van der Waals surface area contributed by atoms with Crippen LogP contribution in [0.3, 0.4) is 0 Å². The van der Waals surface area contributed by atoms with Gasteiger partial charge in [0, 0.05) is 29.9 Å². The molecule has 1 aromatic carbocycles. The molecule has 27 heavy (non-hydrogen) atoms. The third-order valence-corrected chi connectivity index (χ3v) is 5.66. The minimum absolute atomic E-state index is 0.0728. The SMILES string of the molecule is CCCCOC(=O)/C=C/c1cc(Cl)ccc1N(C)S(=O)(=O)c1ccccn1. The Bertz CT molecular complexity index is 915. The van der Waals surface area contributed by atoms with E-state index in [0.29, 0.717) is 22.9 Å². The summed E-state index contributed by atoms with van der Waals surface area (Å²) < 4.78 is 31.8. The first-order chi connectivity index (χ1) is 12.9. The van der Waals surface area contributed by atoms with E-state index in [1.165, 1.54) is 31.5 Å². The van der Waals surface area contributed by atoms with Crippen LogP contribution in [0.2, 0.25) is 5.02 Å². The molecule has 0 bridgehead atoms. The molecule has 0 radical (unpaired) electrons. The summed E-state index contributed by atoms with van der Waals surface area (Å²) in [6.07, 6.45) is 5.86. The van der Waals surface area contributed by atoms with E-state index >= 15 is 0 Å². The molecule has 1 heterocycles. The molecule has 0 amide bonds. The topological polar surface area (TPSA) is 76.6 Å². The third-order valence-electron chi connectivity index (χ3n) is 3.73. The summed E-state index contributed by atoms with van der Waals surface area (Å²) in [5.41, 5.74) is 0.833. The number of hydrogen-bond acceptors (Lipinski definition) is 5. The van der Waals surface area contributed by atoms with E-state index in [1.54, 1.807) is 30.3 Å². The van der Waals surface area contributed by atoms with Gasteiger partial charge in [-0.3, -0.25) is 4.31 Å². The summed E-state index contributed by atoms with van der Waals surface area (Å²) in [5, 5.41) is 0.345. The number of rotatable bonds is 8. The van der Waals surface area contributed by atoms with Crippen LogP contribution in [0.15, 0.2) is 53.7 Å². The third kappa shape index (κ3) is 5.55. The lowest BCUT2D eigenvalue weighted by Crippen LogP contribution is -2.27. The minimum atomic E-state index is -3.85. The van der Waals surface area contributed by atoms with Crippen LogP contribution in [0, 0.1) is 0 Å². The monoisotopic (exact) mass is 408 g/mol. The number of benzene rings is 1. The second-order valence-electron chi connectivity index (χ2n) is 5.70. The lowest BCUT2D eigenvalue weighted by Gasteiger charge is -2.21. The lowest BCUT2D eigenvalue weighted by molar-refractivity contribution is -0.137. The zero-order valence-electron chi connectivity index (χ0n) is 15.1. The standard InChI is InChI=1S/C19H21ClN2O4S/c1-3-4-13-26-19(23)11-8-15-14-16(20)9-10-17(15)22(2)27(24,25)18-7-5-6-12-21-18/h5-12,14H,3-4,13H2,1-2H3/b11-8+. The van der Waals surface area contributed by atoms with Crippen molar-refractivity contribution in [3.05, 3.63) is 59.3 Å². The van der Waals surface area contributed by atoms with E-state index in [4.69, 9.17) is 16.3 Å². The van der Waals surface area contributed by atoms with Gasteiger partial charge >= 0.3 is 5.97 Å². The molecular formula is C19H21ClN2O4S. The van der Waals surface area contributed by atoms with Crippen molar-refractivity contribution in [2.45, 2.75) is 24.8 Å². The number of anilines is 1. The van der Waals surface area contributed by atoms with E-state index in [2.05, 4.69) is 4.98 Å². The number of esters is 1. The number of unbranched alkanes of at least 4 members (excludes halogenated alkanes) is 1. The summed E-state index contributed by atoms with van der Waals surface area (Å²) in [4.78, 5) is 15.7. The van der Waals surface area contributed by atoms with Crippen LogP contribution in [0.25, 0.3) is 6.08 Å². The molecule has 0 N–H and O–H groups in total. The van der Waals surface area contributed by atoms with E-state index in [1.807, 2.05) is 6.92 Å². The Kier molecular flexibility index (Phi) is 7.38. The highest BCUT2D eigenvalue weighted by Gasteiger charge is 2.24. The Morgan fingerprint density at radius 3 is 2.74 bits per heavy atom. The first-order valence-corrected chi connectivity index (χ1v) is 10.2. The number of sulfonamides is 1. The Morgan fingerprint density at radius 1 is 1.30 bits per heavy atom. The maximum atomic E-state index is 12.8. The summed E-state index contributed by atoms with van der Waals surface area (Å²) in [6.45, 7) is 2.34. The van der Waals surface area contributed by atoms with Crippen LogP contribution in [0.5, 0.6) is 0 Å². The zero-order chi connectivity index (χ0) is 19.9. The summed E-state index contributed by atoms with van der Waals surface area (Å²) >= 11 is 6.04. The van der Waals surface area contributed by atoms with Crippen molar-refractivity contribution in [3.8, 4) is 0 Å². The molecule has 0 aliphatic rings. The molecule has 0 unspecified atom stereocenters. The number of carbonyl (C=O) groups is 1. The van der Waals surface area contributed by atoms with E-state index in [9.17, 15) is 13.2 Å². The number of aromatic nitrogens is 1. The van der Waals surface area contributed by atoms with Gasteiger partial charge in [-0.05, 0) is 42.8 Å². The Labute approximate surface area is 164 Å². The van der Waals surface area contributed by atoms with E-state index in [-0.39, 0.29) is 5.03 Å². The average molecular weight is 409 g/mol. The molecule has 0 saturated carbocycles. The lowest BCUT2D eigenvalue weighted by atomic mass is 10.1. The maximum Gasteiger partial charge on any atom is 0.330 e. The van der Waals surface area contributed by atoms with Crippen LogP contribution in [0.4, 0.5) is 5.69 Å². The fourth-order valence-electron chi connectivity index (χ4n) is 2.24. The minimum Gasteiger partial charge on any atom is -0.463 e. The molecule has 0 aliphatic carbocycles. The van der Waals surface area contributed by atoms with Gasteiger partial charge in [0.2, 0.25) is 0 Å². The highest BCUT2D eigenvalue weighted by Crippen LogP contribution is 2.28. The van der Waals surface area contributed by atoms with Crippen LogP contribution < -0.4 is 4.31 Å². The van der Waals surface area contributed by atoms with Gasteiger partial charge in [0.05, 0.1) is 12.3 Å². The van der Waals surface area contributed by atoms with Crippen molar-refractivity contribution >= 4 is 39.4 Å². The van der Waals surface area contributed by atoms with Gasteiger partial charge in [0.1, 0.15) is 0 Å². The molecule has 0 fully saturated rings. The van der Waals surface area contributed by atoms with Gasteiger partial charge < -0.3 is 4.74 Å². The molecular weight excluding hydrogens is 388 g/mol. The zero-order valence-corrected chi connectivity index (χ0v) is 16.7. The number of carbonyl (C=O) groups excluding carboxylic acids is 1. The second-order valence-corrected chi connectivity index (χ2v) is 8.05. The summed E-state index contributed by atoms with van der Waals surface area (Å²) in [5.74, 6) is -0.496. The van der Waals surface area contributed by atoms with Gasteiger partial charge in [0.25, 0.3) is 10.0 Å². The largest absolute Gasteiger partial charge is 0.463 e. The molecule has 6 nitrogen and oxygen atoms in total. The molecule has 2 aromatic rings. The predicted molar refractivity (Wildman–Crippen MR) is 106 cm³/mol. The number of pyridine rings is 1. The number of ether oxygens (including phenoxy) is 1. The van der Waals surface area contributed by atoms with Crippen molar-refractivity contribution in [1.29, 1.82) is 0 Å². The maximum absolute atomic E-state index is 12.8.